The lowest BCUT2D eigenvalue weighted by molar-refractivity contribution is 0.174. The van der Waals surface area contributed by atoms with Gasteiger partial charge < -0.3 is 5.11 Å². The van der Waals surface area contributed by atoms with Crippen LogP contribution in [0.25, 0.3) is 6.08 Å². The Morgan fingerprint density at radius 1 is 1.67 bits per heavy atom. The van der Waals surface area contributed by atoms with Crippen LogP contribution >= 0.6 is 11.3 Å². The van der Waals surface area contributed by atoms with E-state index < -0.39 is 6.10 Å². The first-order chi connectivity index (χ1) is 7.04. The molecule has 0 fully saturated rings. The second-order valence-corrected chi connectivity index (χ2v) is 4.78. The summed E-state index contributed by atoms with van der Waals surface area (Å²) in [6.45, 7) is 9.51. The summed E-state index contributed by atoms with van der Waals surface area (Å²) >= 11 is 1.61. The van der Waals surface area contributed by atoms with Crippen molar-refractivity contribution in [2.45, 2.75) is 26.9 Å². The van der Waals surface area contributed by atoms with Crippen molar-refractivity contribution in [3.8, 4) is 0 Å². The van der Waals surface area contributed by atoms with Gasteiger partial charge >= 0.3 is 0 Å². The number of aromatic nitrogens is 1. The molecule has 1 rings (SSSR count). The van der Waals surface area contributed by atoms with Gasteiger partial charge in [-0.25, -0.2) is 4.98 Å². The third-order valence-electron chi connectivity index (χ3n) is 2.35. The summed E-state index contributed by atoms with van der Waals surface area (Å²) in [5, 5.41) is 12.9. The topological polar surface area (TPSA) is 33.1 Å². The minimum atomic E-state index is -0.468. The molecule has 15 heavy (non-hydrogen) atoms. The molecule has 2 atom stereocenters. The van der Waals surface area contributed by atoms with Crippen molar-refractivity contribution in [3.63, 3.8) is 0 Å². The van der Waals surface area contributed by atoms with E-state index in [2.05, 4.69) is 11.6 Å². The van der Waals surface area contributed by atoms with Crippen molar-refractivity contribution < 1.29 is 5.11 Å². The average Bonchev–Trinajstić information content (AvgIpc) is 2.61. The lowest BCUT2D eigenvalue weighted by Crippen LogP contribution is -2.16. The van der Waals surface area contributed by atoms with Crippen LogP contribution in [0.4, 0.5) is 0 Å². The maximum absolute atomic E-state index is 9.89. The molecule has 0 aliphatic rings. The highest BCUT2D eigenvalue weighted by Gasteiger charge is 2.12. The summed E-state index contributed by atoms with van der Waals surface area (Å²) in [5.74, 6) is 0.0704. The number of aryl methyl sites for hydroxylation is 1. The molecule has 1 heterocycles. The number of aliphatic hydroxyl groups excluding tert-OH is 1. The summed E-state index contributed by atoms with van der Waals surface area (Å²) in [6.07, 6.45) is 3.21. The zero-order chi connectivity index (χ0) is 11.4. The van der Waals surface area contributed by atoms with E-state index >= 15 is 0 Å². The van der Waals surface area contributed by atoms with Gasteiger partial charge in [-0.1, -0.05) is 13.0 Å². The predicted octanol–water partition coefficient (Wildman–Crippen LogP) is 3.04. The largest absolute Gasteiger partial charge is 0.388 e. The highest BCUT2D eigenvalue weighted by molar-refractivity contribution is 7.09. The molecule has 0 amide bonds. The SMILES string of the molecule is C=CC(C)[C@@H](O)C(C)=Cc1csc(C)n1. The van der Waals surface area contributed by atoms with Gasteiger partial charge in [0.2, 0.25) is 0 Å². The van der Waals surface area contributed by atoms with Gasteiger partial charge in [0.1, 0.15) is 0 Å². The molecule has 1 aromatic rings. The van der Waals surface area contributed by atoms with Crippen LogP contribution in [-0.2, 0) is 0 Å². The molecule has 0 aliphatic carbocycles. The molecule has 0 aliphatic heterocycles. The first-order valence-electron chi connectivity index (χ1n) is 4.95. The summed E-state index contributed by atoms with van der Waals surface area (Å²) in [6, 6.07) is 0. The van der Waals surface area contributed by atoms with Gasteiger partial charge in [-0.2, -0.15) is 0 Å². The van der Waals surface area contributed by atoms with Crippen LogP contribution in [0.5, 0.6) is 0 Å². The molecular formula is C12H17NOS. The van der Waals surface area contributed by atoms with E-state index in [-0.39, 0.29) is 5.92 Å². The van der Waals surface area contributed by atoms with Crippen LogP contribution in [0, 0.1) is 12.8 Å². The van der Waals surface area contributed by atoms with Crippen LogP contribution < -0.4 is 0 Å². The van der Waals surface area contributed by atoms with Gasteiger partial charge in [-0.3, -0.25) is 0 Å². The van der Waals surface area contributed by atoms with Gasteiger partial charge in [0.25, 0.3) is 0 Å². The maximum Gasteiger partial charge on any atom is 0.0901 e. The molecule has 0 radical (unpaired) electrons. The molecule has 3 heteroatoms. The quantitative estimate of drug-likeness (QED) is 0.796. The monoisotopic (exact) mass is 223 g/mol. The van der Waals surface area contributed by atoms with E-state index in [0.717, 1.165) is 16.3 Å². The Bertz CT molecular complexity index is 367. The van der Waals surface area contributed by atoms with Gasteiger partial charge in [-0.05, 0) is 25.5 Å². The Hall–Kier alpha value is -0.930. The van der Waals surface area contributed by atoms with Gasteiger partial charge in [0, 0.05) is 11.3 Å². The third kappa shape index (κ3) is 3.29. The number of aliphatic hydroxyl groups is 1. The lowest BCUT2D eigenvalue weighted by atomic mass is 9.98. The number of hydrogen-bond acceptors (Lipinski definition) is 3. The van der Waals surface area contributed by atoms with Gasteiger partial charge in [-0.15, -0.1) is 17.9 Å². The van der Waals surface area contributed by atoms with Crippen LogP contribution in [0.2, 0.25) is 0 Å². The standard InChI is InChI=1S/C12H17NOS/c1-5-8(2)12(14)9(3)6-11-7-15-10(4)13-11/h5-8,12,14H,1H2,2-4H3/t8?,12-/m1/s1. The highest BCUT2D eigenvalue weighted by atomic mass is 32.1. The molecule has 0 aromatic carbocycles. The van der Waals surface area contributed by atoms with Crippen molar-refractivity contribution in [1.82, 2.24) is 4.98 Å². The fourth-order valence-electron chi connectivity index (χ4n) is 1.31. The van der Waals surface area contributed by atoms with Crippen molar-refractivity contribution in [3.05, 3.63) is 34.3 Å². The molecule has 0 saturated carbocycles. The predicted molar refractivity (Wildman–Crippen MR) is 65.9 cm³/mol. The molecule has 0 spiro atoms. The molecule has 1 N–H and O–H groups in total. The van der Waals surface area contributed by atoms with E-state index in [1.165, 1.54) is 0 Å². The molecule has 1 aromatic heterocycles. The first-order valence-corrected chi connectivity index (χ1v) is 5.83. The van der Waals surface area contributed by atoms with E-state index in [4.69, 9.17) is 0 Å². The lowest BCUT2D eigenvalue weighted by Gasteiger charge is -2.15. The minimum absolute atomic E-state index is 0.0704. The summed E-state index contributed by atoms with van der Waals surface area (Å²) < 4.78 is 0. The fraction of sp³-hybridized carbons (Fsp3) is 0.417. The maximum atomic E-state index is 9.89. The van der Waals surface area contributed by atoms with Crippen LogP contribution in [-0.4, -0.2) is 16.2 Å². The zero-order valence-electron chi connectivity index (χ0n) is 9.40. The molecule has 1 unspecified atom stereocenters. The molecule has 82 valence electrons. The van der Waals surface area contributed by atoms with E-state index in [0.29, 0.717) is 0 Å². The molecule has 2 nitrogen and oxygen atoms in total. The van der Waals surface area contributed by atoms with Crippen LogP contribution in [0.15, 0.2) is 23.6 Å². The molecule has 0 bridgehead atoms. The van der Waals surface area contributed by atoms with Crippen LogP contribution in [0.1, 0.15) is 24.5 Å². The summed E-state index contributed by atoms with van der Waals surface area (Å²) in [7, 11) is 0. The third-order valence-corrected chi connectivity index (χ3v) is 3.14. The Morgan fingerprint density at radius 2 is 2.33 bits per heavy atom. The van der Waals surface area contributed by atoms with E-state index in [9.17, 15) is 5.11 Å². The van der Waals surface area contributed by atoms with Crippen LogP contribution in [0.3, 0.4) is 0 Å². The van der Waals surface area contributed by atoms with Crippen molar-refractivity contribution >= 4 is 17.4 Å². The van der Waals surface area contributed by atoms with Gasteiger partial charge in [0.15, 0.2) is 0 Å². The van der Waals surface area contributed by atoms with Crippen molar-refractivity contribution in [2.24, 2.45) is 5.92 Å². The second kappa shape index (κ2) is 5.24. The summed E-state index contributed by atoms with van der Waals surface area (Å²) in [4.78, 5) is 4.32. The number of hydrogen-bond donors (Lipinski definition) is 1. The minimum Gasteiger partial charge on any atom is -0.388 e. The smallest absolute Gasteiger partial charge is 0.0901 e. The normalized spacial score (nSPS) is 16.1. The van der Waals surface area contributed by atoms with Crippen molar-refractivity contribution in [1.29, 1.82) is 0 Å². The number of thiazole rings is 1. The zero-order valence-corrected chi connectivity index (χ0v) is 10.2. The average molecular weight is 223 g/mol. The van der Waals surface area contributed by atoms with E-state index in [1.54, 1.807) is 17.4 Å². The van der Waals surface area contributed by atoms with E-state index in [1.807, 2.05) is 32.2 Å². The molecular weight excluding hydrogens is 206 g/mol. The van der Waals surface area contributed by atoms with Crippen molar-refractivity contribution in [2.75, 3.05) is 0 Å². The summed E-state index contributed by atoms with van der Waals surface area (Å²) in [5.41, 5.74) is 1.85. The molecule has 0 saturated heterocycles. The number of rotatable bonds is 4. The Labute approximate surface area is 95.0 Å². The number of nitrogens with zero attached hydrogens (tertiary/aromatic N) is 1. The first kappa shape index (κ1) is 12.1. The Morgan fingerprint density at radius 3 is 2.80 bits per heavy atom. The van der Waals surface area contributed by atoms with Gasteiger partial charge in [0.05, 0.1) is 16.8 Å². The Kier molecular flexibility index (Phi) is 4.24. The highest BCUT2D eigenvalue weighted by Crippen LogP contribution is 2.17. The fourth-order valence-corrected chi connectivity index (χ4v) is 1.88. The second-order valence-electron chi connectivity index (χ2n) is 3.72. The Balaban J connectivity index is 2.79.